The molecule has 1 aliphatic rings. The number of nitrogens with zero attached hydrogens (tertiary/aromatic N) is 1. The van der Waals surface area contributed by atoms with Crippen molar-refractivity contribution in [1.82, 2.24) is 0 Å². The summed E-state index contributed by atoms with van der Waals surface area (Å²) in [5.41, 5.74) is -1.42. The summed E-state index contributed by atoms with van der Waals surface area (Å²) >= 11 is 0. The molecule has 1 heterocycles. The highest BCUT2D eigenvalue weighted by atomic mass is 16.6. The quantitative estimate of drug-likeness (QED) is 0.637. The number of carboxylic acid groups (broad SMARTS) is 1. The molecule has 1 unspecified atom stereocenters. The van der Waals surface area contributed by atoms with Crippen LogP contribution in [0.15, 0.2) is 36.6 Å². The van der Waals surface area contributed by atoms with E-state index in [9.17, 15) is 20.0 Å². The molecule has 1 aliphatic heterocycles. The zero-order valence-electron chi connectivity index (χ0n) is 8.70. The predicted molar refractivity (Wildman–Crippen MR) is 57.3 cm³/mol. The third kappa shape index (κ3) is 1.73. The molecule has 1 aromatic carbocycles. The molecule has 1 aromatic rings. The summed E-state index contributed by atoms with van der Waals surface area (Å²) in [7, 11) is 0. The average Bonchev–Trinajstić information content (AvgIpc) is 2.79. The largest absolute Gasteiger partial charge is 0.478 e. The van der Waals surface area contributed by atoms with E-state index in [4.69, 9.17) is 4.74 Å². The van der Waals surface area contributed by atoms with Gasteiger partial charge in [-0.05, 0) is 6.08 Å². The molecule has 0 aliphatic carbocycles. The molecule has 0 amide bonds. The van der Waals surface area contributed by atoms with E-state index in [1.54, 1.807) is 6.08 Å². The molecule has 0 radical (unpaired) electrons. The molecule has 0 spiro atoms. The van der Waals surface area contributed by atoms with Gasteiger partial charge in [0.15, 0.2) is 0 Å². The first-order valence-electron chi connectivity index (χ1n) is 4.87. The van der Waals surface area contributed by atoms with Gasteiger partial charge < -0.3 is 9.84 Å². The maximum atomic E-state index is 11.3. The molecule has 0 saturated carbocycles. The smallest absolute Gasteiger partial charge is 0.353 e. The second-order valence-corrected chi connectivity index (χ2v) is 3.63. The number of carbonyl (C=O) groups is 1. The zero-order chi connectivity index (χ0) is 12.5. The Balaban J connectivity index is 2.48. The number of nitro groups is 1. The van der Waals surface area contributed by atoms with E-state index in [1.807, 2.05) is 0 Å². The Labute approximate surface area is 96.3 Å². The number of hydrogen-bond acceptors (Lipinski definition) is 4. The predicted octanol–water partition coefficient (Wildman–Crippen LogP) is 1.81. The number of benzene rings is 1. The fourth-order valence-corrected chi connectivity index (χ4v) is 1.74. The van der Waals surface area contributed by atoms with Crippen molar-refractivity contribution in [1.29, 1.82) is 0 Å². The summed E-state index contributed by atoms with van der Waals surface area (Å²) in [6.45, 7) is 0. The standard InChI is InChI=1S/C11H9NO5/c13-10(14)11(5-2-6-17-11)8-3-1-4-9(7-8)12(15)16/h1-4,6-7H,5H2,(H,13,14). The van der Waals surface area contributed by atoms with E-state index in [1.165, 1.54) is 30.5 Å². The number of hydrogen-bond donors (Lipinski definition) is 1. The number of aliphatic carboxylic acids is 1. The van der Waals surface area contributed by atoms with E-state index in [2.05, 4.69) is 0 Å². The van der Waals surface area contributed by atoms with Crippen molar-refractivity contribution < 1.29 is 19.6 Å². The third-order valence-corrected chi connectivity index (χ3v) is 2.64. The van der Waals surface area contributed by atoms with Crippen LogP contribution in [0.2, 0.25) is 0 Å². The van der Waals surface area contributed by atoms with Crippen LogP contribution >= 0.6 is 0 Å². The van der Waals surface area contributed by atoms with Crippen LogP contribution in [0.1, 0.15) is 12.0 Å². The van der Waals surface area contributed by atoms with Gasteiger partial charge in [-0.2, -0.15) is 0 Å². The summed E-state index contributed by atoms with van der Waals surface area (Å²) in [6, 6.07) is 5.48. The van der Waals surface area contributed by atoms with Gasteiger partial charge in [0, 0.05) is 24.1 Å². The van der Waals surface area contributed by atoms with Crippen molar-refractivity contribution in [2.75, 3.05) is 0 Å². The van der Waals surface area contributed by atoms with Crippen LogP contribution in [0.4, 0.5) is 5.69 Å². The van der Waals surface area contributed by atoms with Crippen LogP contribution in [0.25, 0.3) is 0 Å². The Hall–Kier alpha value is -2.37. The molecule has 0 bridgehead atoms. The van der Waals surface area contributed by atoms with Crippen LogP contribution in [0.3, 0.4) is 0 Å². The second kappa shape index (κ2) is 3.89. The third-order valence-electron chi connectivity index (χ3n) is 2.64. The Bertz CT molecular complexity index is 500. The number of non-ortho nitro benzene ring substituents is 1. The first-order valence-corrected chi connectivity index (χ1v) is 4.87. The normalized spacial score (nSPS) is 22.1. The summed E-state index contributed by atoms with van der Waals surface area (Å²) in [5, 5.41) is 19.9. The van der Waals surface area contributed by atoms with Gasteiger partial charge in [0.25, 0.3) is 5.69 Å². The summed E-state index contributed by atoms with van der Waals surface area (Å²) in [5.74, 6) is -1.16. The van der Waals surface area contributed by atoms with Gasteiger partial charge in [0.1, 0.15) is 0 Å². The Morgan fingerprint density at radius 2 is 2.29 bits per heavy atom. The van der Waals surface area contributed by atoms with Gasteiger partial charge in [-0.15, -0.1) is 0 Å². The van der Waals surface area contributed by atoms with Crippen LogP contribution in [-0.2, 0) is 15.1 Å². The SMILES string of the molecule is O=C(O)C1(c2cccc([N+](=O)[O-])c2)CC=CO1. The first kappa shape index (κ1) is 11.1. The summed E-state index contributed by atoms with van der Waals surface area (Å²) in [6.07, 6.45) is 3.03. The van der Waals surface area contributed by atoms with E-state index < -0.39 is 16.5 Å². The molecule has 6 heteroatoms. The van der Waals surface area contributed by atoms with Crippen LogP contribution in [-0.4, -0.2) is 16.0 Å². The Morgan fingerprint density at radius 1 is 1.53 bits per heavy atom. The van der Waals surface area contributed by atoms with Crippen LogP contribution in [0.5, 0.6) is 0 Å². The van der Waals surface area contributed by atoms with Crippen molar-refractivity contribution in [2.45, 2.75) is 12.0 Å². The van der Waals surface area contributed by atoms with Crippen molar-refractivity contribution in [3.05, 3.63) is 52.3 Å². The van der Waals surface area contributed by atoms with Gasteiger partial charge in [0.2, 0.25) is 5.60 Å². The molecule has 2 rings (SSSR count). The van der Waals surface area contributed by atoms with E-state index >= 15 is 0 Å². The summed E-state index contributed by atoms with van der Waals surface area (Å²) in [4.78, 5) is 21.3. The van der Waals surface area contributed by atoms with E-state index in [0.717, 1.165) is 0 Å². The molecule has 0 fully saturated rings. The van der Waals surface area contributed by atoms with Crippen molar-refractivity contribution in [3.8, 4) is 0 Å². The highest BCUT2D eigenvalue weighted by Gasteiger charge is 2.44. The lowest BCUT2D eigenvalue weighted by Gasteiger charge is -2.23. The minimum Gasteiger partial charge on any atom is -0.478 e. The molecule has 6 nitrogen and oxygen atoms in total. The van der Waals surface area contributed by atoms with Gasteiger partial charge in [-0.25, -0.2) is 4.79 Å². The highest BCUT2D eigenvalue weighted by Crippen LogP contribution is 2.36. The molecule has 17 heavy (non-hydrogen) atoms. The van der Waals surface area contributed by atoms with Crippen molar-refractivity contribution >= 4 is 11.7 Å². The number of rotatable bonds is 3. The van der Waals surface area contributed by atoms with Crippen LogP contribution in [0, 0.1) is 10.1 Å². The maximum absolute atomic E-state index is 11.3. The first-order chi connectivity index (χ1) is 8.06. The zero-order valence-corrected chi connectivity index (χ0v) is 8.70. The molecular formula is C11H9NO5. The monoisotopic (exact) mass is 235 g/mol. The van der Waals surface area contributed by atoms with Crippen molar-refractivity contribution in [3.63, 3.8) is 0 Å². The Morgan fingerprint density at radius 3 is 2.82 bits per heavy atom. The van der Waals surface area contributed by atoms with E-state index in [0.29, 0.717) is 0 Å². The number of carboxylic acids is 1. The lowest BCUT2D eigenvalue weighted by atomic mass is 9.91. The lowest BCUT2D eigenvalue weighted by Crippen LogP contribution is -2.34. The second-order valence-electron chi connectivity index (χ2n) is 3.63. The number of ether oxygens (including phenoxy) is 1. The molecule has 0 aromatic heterocycles. The van der Waals surface area contributed by atoms with Crippen molar-refractivity contribution in [2.24, 2.45) is 0 Å². The average molecular weight is 235 g/mol. The van der Waals surface area contributed by atoms with Gasteiger partial charge in [-0.3, -0.25) is 10.1 Å². The fourth-order valence-electron chi connectivity index (χ4n) is 1.74. The minimum atomic E-state index is -1.54. The fraction of sp³-hybridized carbons (Fsp3) is 0.182. The van der Waals surface area contributed by atoms with Gasteiger partial charge in [-0.1, -0.05) is 12.1 Å². The van der Waals surface area contributed by atoms with Gasteiger partial charge >= 0.3 is 5.97 Å². The lowest BCUT2D eigenvalue weighted by molar-refractivity contribution is -0.385. The van der Waals surface area contributed by atoms with E-state index in [-0.39, 0.29) is 17.7 Å². The summed E-state index contributed by atoms with van der Waals surface area (Å²) < 4.78 is 5.12. The highest BCUT2D eigenvalue weighted by molar-refractivity contribution is 5.80. The topological polar surface area (TPSA) is 89.7 Å². The maximum Gasteiger partial charge on any atom is 0.353 e. The molecule has 0 saturated heterocycles. The van der Waals surface area contributed by atoms with Crippen LogP contribution < -0.4 is 0 Å². The molecule has 1 atom stereocenters. The number of nitro benzene ring substituents is 1. The molecular weight excluding hydrogens is 226 g/mol. The van der Waals surface area contributed by atoms with Gasteiger partial charge in [0.05, 0.1) is 11.2 Å². The Kier molecular flexibility index (Phi) is 2.55. The molecule has 1 N–H and O–H groups in total. The minimum absolute atomic E-state index is 0.154. The molecule has 88 valence electrons.